The number of nitrogens with one attached hydrogen (secondary N) is 1. The van der Waals surface area contributed by atoms with E-state index in [-0.39, 0.29) is 17.6 Å². The van der Waals surface area contributed by atoms with Gasteiger partial charge in [-0.3, -0.25) is 4.90 Å². The molecule has 0 unspecified atom stereocenters. The zero-order valence-corrected chi connectivity index (χ0v) is 20.1. The van der Waals surface area contributed by atoms with Gasteiger partial charge in [0.1, 0.15) is 0 Å². The molecule has 0 radical (unpaired) electrons. The third-order valence-electron chi connectivity index (χ3n) is 6.53. The van der Waals surface area contributed by atoms with Crippen LogP contribution in [0.2, 0.25) is 0 Å². The Bertz CT molecular complexity index is 1070. The van der Waals surface area contributed by atoms with Gasteiger partial charge in [-0.15, -0.1) is 0 Å². The van der Waals surface area contributed by atoms with Crippen molar-refractivity contribution in [1.29, 1.82) is 0 Å². The molecule has 2 aromatic rings. The molecule has 0 saturated carbocycles. The first-order valence-corrected chi connectivity index (χ1v) is 11.4. The Morgan fingerprint density at radius 1 is 1.12 bits per heavy atom. The summed E-state index contributed by atoms with van der Waals surface area (Å²) in [5.74, 6) is -0.417. The number of fused-ring (bicyclic) bond motifs is 3. The number of benzene rings is 1. The fourth-order valence-corrected chi connectivity index (χ4v) is 4.75. The molecule has 7 heteroatoms. The number of likely N-dealkylation sites (N-methyl/N-ethyl adjacent to an activating group) is 1. The van der Waals surface area contributed by atoms with Gasteiger partial charge < -0.3 is 19.1 Å². The molecular weight excluding hydrogens is 404 g/mol. The number of urea groups is 1. The van der Waals surface area contributed by atoms with E-state index in [1.54, 1.807) is 11.1 Å². The number of quaternary nitrogens is 1. The van der Waals surface area contributed by atoms with Crippen molar-refractivity contribution in [3.63, 3.8) is 0 Å². The van der Waals surface area contributed by atoms with Crippen molar-refractivity contribution in [2.75, 3.05) is 46.8 Å². The number of para-hydroxylation sites is 1. The van der Waals surface area contributed by atoms with Gasteiger partial charge in [0.15, 0.2) is 0 Å². The number of piperazine rings is 1. The van der Waals surface area contributed by atoms with E-state index >= 15 is 0 Å². The molecule has 2 amide bonds. The fraction of sp³-hybridized carbons (Fsp3) is 0.520. The lowest BCUT2D eigenvalue weighted by Gasteiger charge is -2.41. The molecule has 7 nitrogen and oxygen atoms in total. The lowest BCUT2D eigenvalue weighted by atomic mass is 9.82. The van der Waals surface area contributed by atoms with Crippen LogP contribution in [0.25, 0.3) is 16.5 Å². The van der Waals surface area contributed by atoms with Crippen molar-refractivity contribution in [2.24, 2.45) is 0 Å². The Morgan fingerprint density at radius 3 is 2.44 bits per heavy atom. The minimum atomic E-state index is -0.417. The third-order valence-corrected chi connectivity index (χ3v) is 6.53. The van der Waals surface area contributed by atoms with Gasteiger partial charge in [0.2, 0.25) is 0 Å². The van der Waals surface area contributed by atoms with Crippen LogP contribution in [0.3, 0.4) is 0 Å². The number of carbonyl (C=O) groups excluding carboxylic acids is 2. The van der Waals surface area contributed by atoms with Crippen molar-refractivity contribution in [3.05, 3.63) is 41.7 Å². The molecular formula is C25H35N4O3+. The number of aromatic amines is 1. The molecule has 1 aromatic carbocycles. The minimum Gasteiger partial charge on any atom is -0.459 e. The highest BCUT2D eigenvalue weighted by molar-refractivity contribution is 6.18. The predicted octanol–water partition coefficient (Wildman–Crippen LogP) is 3.57. The van der Waals surface area contributed by atoms with E-state index in [2.05, 4.69) is 39.0 Å². The summed E-state index contributed by atoms with van der Waals surface area (Å²) in [6, 6.07) is 8.01. The molecule has 1 saturated heterocycles. The molecule has 0 bridgehead atoms. The Morgan fingerprint density at radius 2 is 1.78 bits per heavy atom. The molecule has 172 valence electrons. The van der Waals surface area contributed by atoms with Crippen LogP contribution in [-0.4, -0.2) is 84.2 Å². The minimum absolute atomic E-state index is 0.0536. The average Bonchev–Trinajstić information content (AvgIpc) is 3.04. The highest BCUT2D eigenvalue weighted by atomic mass is 16.5. The van der Waals surface area contributed by atoms with E-state index in [4.69, 9.17) is 4.74 Å². The second kappa shape index (κ2) is 7.96. The van der Waals surface area contributed by atoms with Crippen LogP contribution in [0.15, 0.2) is 30.5 Å². The second-order valence-corrected chi connectivity index (χ2v) is 10.6. The van der Waals surface area contributed by atoms with E-state index in [1.807, 2.05) is 36.9 Å². The average molecular weight is 440 g/mol. The van der Waals surface area contributed by atoms with Gasteiger partial charge in [-0.2, -0.15) is 0 Å². The van der Waals surface area contributed by atoms with Crippen molar-refractivity contribution < 1.29 is 18.8 Å². The molecule has 2 aliphatic heterocycles. The van der Waals surface area contributed by atoms with Crippen molar-refractivity contribution in [1.82, 2.24) is 14.8 Å². The van der Waals surface area contributed by atoms with Crippen LogP contribution in [0.4, 0.5) is 4.79 Å². The molecule has 0 spiro atoms. The first-order chi connectivity index (χ1) is 15.0. The summed E-state index contributed by atoms with van der Waals surface area (Å²) in [5, 5.41) is 1.07. The van der Waals surface area contributed by atoms with Gasteiger partial charge in [0.05, 0.1) is 57.6 Å². The topological polar surface area (TPSA) is 65.6 Å². The number of rotatable bonds is 2. The molecule has 4 rings (SSSR count). The summed E-state index contributed by atoms with van der Waals surface area (Å²) in [6.07, 6.45) is 1.45. The summed E-state index contributed by atoms with van der Waals surface area (Å²) in [5.41, 5.74) is 2.80. The fourth-order valence-electron chi connectivity index (χ4n) is 4.75. The van der Waals surface area contributed by atoms with Gasteiger partial charge >= 0.3 is 12.0 Å². The van der Waals surface area contributed by atoms with Gasteiger partial charge in [0.25, 0.3) is 0 Å². The normalized spacial score (nSPS) is 20.0. The predicted molar refractivity (Wildman–Crippen MR) is 126 cm³/mol. The van der Waals surface area contributed by atoms with Crippen LogP contribution >= 0.6 is 0 Å². The van der Waals surface area contributed by atoms with Crippen LogP contribution < -0.4 is 0 Å². The zero-order chi connectivity index (χ0) is 23.3. The van der Waals surface area contributed by atoms with Crippen LogP contribution in [-0.2, 0) is 14.9 Å². The lowest BCUT2D eigenvalue weighted by Crippen LogP contribution is -2.58. The van der Waals surface area contributed by atoms with Gasteiger partial charge in [0, 0.05) is 29.1 Å². The van der Waals surface area contributed by atoms with Gasteiger partial charge in [-0.1, -0.05) is 32.0 Å². The number of hydrogen-bond donors (Lipinski definition) is 1. The molecule has 1 fully saturated rings. The Balaban J connectivity index is 1.78. The quantitative estimate of drug-likeness (QED) is 0.575. The Kier molecular flexibility index (Phi) is 5.57. The number of H-pyrrole nitrogens is 1. The number of nitrogens with zero attached hydrogens (tertiary/aromatic N) is 3. The molecule has 2 aliphatic rings. The lowest BCUT2D eigenvalue weighted by molar-refractivity contribution is -0.894. The number of carbonyl (C=O) groups is 2. The Labute approximate surface area is 190 Å². The monoisotopic (exact) mass is 439 g/mol. The SMILES string of the molecule is CC(C)OC(=O)C1=CN(C(=O)N2CC[N+](C)(C)CC2)CC(C)(C)c2c1[nH]c1ccccc21. The van der Waals surface area contributed by atoms with E-state index in [9.17, 15) is 9.59 Å². The highest BCUT2D eigenvalue weighted by Crippen LogP contribution is 2.40. The van der Waals surface area contributed by atoms with Crippen LogP contribution in [0.1, 0.15) is 39.0 Å². The highest BCUT2D eigenvalue weighted by Gasteiger charge is 2.39. The molecule has 1 aromatic heterocycles. The van der Waals surface area contributed by atoms with Crippen LogP contribution in [0, 0.1) is 0 Å². The summed E-state index contributed by atoms with van der Waals surface area (Å²) in [6.45, 7) is 11.7. The first-order valence-electron chi connectivity index (χ1n) is 11.4. The summed E-state index contributed by atoms with van der Waals surface area (Å²) < 4.78 is 6.50. The number of esters is 1. The largest absolute Gasteiger partial charge is 0.459 e. The Hall–Kier alpha value is -2.80. The smallest absolute Gasteiger partial charge is 0.342 e. The molecule has 0 atom stereocenters. The molecule has 32 heavy (non-hydrogen) atoms. The van der Waals surface area contributed by atoms with Crippen molar-refractivity contribution >= 4 is 28.5 Å². The molecule has 1 N–H and O–H groups in total. The molecule has 3 heterocycles. The van der Waals surface area contributed by atoms with Gasteiger partial charge in [-0.25, -0.2) is 9.59 Å². The third kappa shape index (κ3) is 4.13. The van der Waals surface area contributed by atoms with Crippen molar-refractivity contribution in [2.45, 2.75) is 39.2 Å². The summed E-state index contributed by atoms with van der Waals surface area (Å²) in [4.78, 5) is 33.8. The summed E-state index contributed by atoms with van der Waals surface area (Å²) >= 11 is 0. The first kappa shape index (κ1) is 22.4. The second-order valence-electron chi connectivity index (χ2n) is 10.6. The summed E-state index contributed by atoms with van der Waals surface area (Å²) in [7, 11) is 4.38. The van der Waals surface area contributed by atoms with Crippen molar-refractivity contribution in [3.8, 4) is 0 Å². The maximum Gasteiger partial charge on any atom is 0.342 e. The number of aromatic nitrogens is 1. The van der Waals surface area contributed by atoms with E-state index in [1.165, 1.54) is 0 Å². The number of amides is 2. The maximum atomic E-state index is 13.6. The molecule has 0 aliphatic carbocycles. The van der Waals surface area contributed by atoms with Gasteiger partial charge in [-0.05, 0) is 25.5 Å². The maximum absolute atomic E-state index is 13.6. The zero-order valence-electron chi connectivity index (χ0n) is 20.1. The standard InChI is InChI=1S/C25H35N4O3/c1-17(2)32-23(30)19-15-28(24(31)27-11-13-29(5,6)14-12-27)16-25(3,4)21-18-9-7-8-10-20(18)26-22(19)21/h7-10,15,17,26H,11-14,16H2,1-6H3/q+1. The number of ether oxygens (including phenoxy) is 1. The van der Waals surface area contributed by atoms with E-state index in [0.29, 0.717) is 25.2 Å². The van der Waals surface area contributed by atoms with Crippen LogP contribution in [0.5, 0.6) is 0 Å². The van der Waals surface area contributed by atoms with E-state index < -0.39 is 5.97 Å². The number of hydrogen-bond acceptors (Lipinski definition) is 3. The van der Waals surface area contributed by atoms with E-state index in [0.717, 1.165) is 39.7 Å².